The SMILES string of the molecule is O=C(Nc1ccc(Nc2ccnc3cnc(N4CCC(O)CC4)cc23)cc1)c1cccn(-c2ccccc2)c1=O. The Bertz CT molecular complexity index is 1710. The number of para-hydroxylation sites is 1. The number of benzene rings is 2. The molecule has 0 atom stereocenters. The fraction of sp³-hybridized carbons (Fsp3) is 0.161. The standard InChI is InChI=1S/C31H28N6O3/c38-24-13-17-36(18-14-24)29-19-26-27(12-15-32-28(26)20-33-29)34-21-8-10-22(11-9-21)35-30(39)25-7-4-16-37(31(25)40)23-5-2-1-3-6-23/h1-12,15-16,19-20,24,38H,13-14,17-18H2,(H,32,34)(H,35,39). The summed E-state index contributed by atoms with van der Waals surface area (Å²) in [5.41, 5.74) is 3.43. The summed E-state index contributed by atoms with van der Waals surface area (Å²) in [4.78, 5) is 37.1. The fourth-order valence-electron chi connectivity index (χ4n) is 4.86. The summed E-state index contributed by atoms with van der Waals surface area (Å²) in [6.07, 6.45) is 6.37. The van der Waals surface area contributed by atoms with E-state index in [9.17, 15) is 14.7 Å². The Morgan fingerprint density at radius 3 is 2.42 bits per heavy atom. The second-order valence-electron chi connectivity index (χ2n) is 9.73. The number of aliphatic hydroxyl groups is 1. The number of hydrogen-bond donors (Lipinski definition) is 3. The molecule has 1 fully saturated rings. The molecule has 0 bridgehead atoms. The van der Waals surface area contributed by atoms with Gasteiger partial charge in [-0.3, -0.25) is 19.1 Å². The zero-order valence-electron chi connectivity index (χ0n) is 21.7. The quantitative estimate of drug-likeness (QED) is 0.290. The number of piperidine rings is 1. The Morgan fingerprint density at radius 2 is 1.65 bits per heavy atom. The number of hydrogen-bond acceptors (Lipinski definition) is 7. The number of carbonyl (C=O) groups is 1. The summed E-state index contributed by atoms with van der Waals surface area (Å²) in [6, 6.07) is 23.6. The molecule has 0 radical (unpaired) electrons. The molecule has 0 saturated carbocycles. The molecule has 0 aliphatic carbocycles. The van der Waals surface area contributed by atoms with E-state index in [1.165, 1.54) is 10.6 Å². The largest absolute Gasteiger partial charge is 0.393 e. The van der Waals surface area contributed by atoms with Crippen LogP contribution in [0.2, 0.25) is 0 Å². The van der Waals surface area contributed by atoms with Gasteiger partial charge in [-0.25, -0.2) is 4.98 Å². The first-order valence-electron chi connectivity index (χ1n) is 13.2. The molecule has 1 saturated heterocycles. The van der Waals surface area contributed by atoms with E-state index < -0.39 is 5.91 Å². The number of aliphatic hydroxyl groups excluding tert-OH is 1. The summed E-state index contributed by atoms with van der Waals surface area (Å²) >= 11 is 0. The minimum atomic E-state index is -0.471. The Kier molecular flexibility index (Phi) is 6.95. The zero-order chi connectivity index (χ0) is 27.5. The molecule has 1 amide bonds. The first-order chi connectivity index (χ1) is 19.5. The fourth-order valence-corrected chi connectivity index (χ4v) is 4.86. The van der Waals surface area contributed by atoms with Crippen LogP contribution in [0.15, 0.2) is 102 Å². The third-order valence-electron chi connectivity index (χ3n) is 7.05. The van der Waals surface area contributed by atoms with Crippen molar-refractivity contribution in [3.63, 3.8) is 0 Å². The summed E-state index contributed by atoms with van der Waals surface area (Å²) in [5, 5.41) is 17.0. The average Bonchev–Trinajstić information content (AvgIpc) is 2.99. The van der Waals surface area contributed by atoms with Crippen molar-refractivity contribution in [3.05, 3.63) is 113 Å². The lowest BCUT2D eigenvalue weighted by atomic mass is 10.1. The van der Waals surface area contributed by atoms with Gasteiger partial charge in [-0.2, -0.15) is 0 Å². The minimum Gasteiger partial charge on any atom is -0.393 e. The van der Waals surface area contributed by atoms with Crippen LogP contribution < -0.4 is 21.1 Å². The van der Waals surface area contributed by atoms with E-state index >= 15 is 0 Å². The van der Waals surface area contributed by atoms with Gasteiger partial charge in [0.2, 0.25) is 0 Å². The minimum absolute atomic E-state index is 0.0597. The molecule has 2 aromatic carbocycles. The van der Waals surface area contributed by atoms with Gasteiger partial charge in [0.1, 0.15) is 11.4 Å². The molecule has 9 heteroatoms. The molecule has 0 unspecified atom stereocenters. The van der Waals surface area contributed by atoms with Gasteiger partial charge in [-0.15, -0.1) is 0 Å². The average molecular weight is 533 g/mol. The van der Waals surface area contributed by atoms with Crippen molar-refractivity contribution in [2.75, 3.05) is 28.6 Å². The molecule has 0 spiro atoms. The second-order valence-corrected chi connectivity index (χ2v) is 9.73. The predicted molar refractivity (Wildman–Crippen MR) is 157 cm³/mol. The van der Waals surface area contributed by atoms with Crippen LogP contribution in [0.1, 0.15) is 23.2 Å². The molecular formula is C31H28N6O3. The number of rotatable bonds is 6. The van der Waals surface area contributed by atoms with Gasteiger partial charge in [-0.05, 0) is 73.5 Å². The predicted octanol–water partition coefficient (Wildman–Crippen LogP) is 4.74. The number of pyridine rings is 3. The molecule has 200 valence electrons. The van der Waals surface area contributed by atoms with E-state index in [2.05, 4.69) is 25.5 Å². The lowest BCUT2D eigenvalue weighted by Gasteiger charge is -2.30. The Hall–Kier alpha value is -5.02. The maximum Gasteiger partial charge on any atom is 0.267 e. The van der Waals surface area contributed by atoms with Crippen LogP contribution in [0.5, 0.6) is 0 Å². The van der Waals surface area contributed by atoms with Crippen LogP contribution in [-0.4, -0.2) is 44.7 Å². The van der Waals surface area contributed by atoms with Crippen molar-refractivity contribution in [2.45, 2.75) is 18.9 Å². The highest BCUT2D eigenvalue weighted by Gasteiger charge is 2.19. The van der Waals surface area contributed by atoms with Crippen LogP contribution >= 0.6 is 0 Å². The summed E-state index contributed by atoms with van der Waals surface area (Å²) in [5.74, 6) is 0.391. The Labute approximate surface area is 230 Å². The number of fused-ring (bicyclic) bond motifs is 1. The van der Waals surface area contributed by atoms with Crippen LogP contribution in [0.25, 0.3) is 16.6 Å². The second kappa shape index (κ2) is 11.0. The van der Waals surface area contributed by atoms with Crippen LogP contribution in [0, 0.1) is 0 Å². The van der Waals surface area contributed by atoms with E-state index in [1.807, 2.05) is 54.6 Å². The van der Waals surface area contributed by atoms with E-state index in [1.54, 1.807) is 36.8 Å². The normalized spacial score (nSPS) is 13.8. The highest BCUT2D eigenvalue weighted by Crippen LogP contribution is 2.29. The third kappa shape index (κ3) is 5.27. The molecule has 9 nitrogen and oxygen atoms in total. The Morgan fingerprint density at radius 1 is 0.900 bits per heavy atom. The molecular weight excluding hydrogens is 504 g/mol. The van der Waals surface area contributed by atoms with Crippen molar-refractivity contribution >= 4 is 39.7 Å². The van der Waals surface area contributed by atoms with Crippen molar-refractivity contribution in [2.24, 2.45) is 0 Å². The molecule has 1 aliphatic rings. The smallest absolute Gasteiger partial charge is 0.267 e. The van der Waals surface area contributed by atoms with Gasteiger partial charge in [0.05, 0.1) is 17.8 Å². The van der Waals surface area contributed by atoms with E-state index in [4.69, 9.17) is 0 Å². The molecule has 40 heavy (non-hydrogen) atoms. The molecule has 5 aromatic rings. The van der Waals surface area contributed by atoms with Crippen molar-refractivity contribution in [3.8, 4) is 5.69 Å². The molecule has 6 rings (SSSR count). The van der Waals surface area contributed by atoms with Gasteiger partial charge >= 0.3 is 0 Å². The maximum atomic E-state index is 13.0. The molecule has 1 aliphatic heterocycles. The summed E-state index contributed by atoms with van der Waals surface area (Å²) in [6.45, 7) is 1.53. The molecule has 4 heterocycles. The first kappa shape index (κ1) is 25.3. The summed E-state index contributed by atoms with van der Waals surface area (Å²) in [7, 11) is 0. The van der Waals surface area contributed by atoms with Gasteiger partial charge in [0.15, 0.2) is 0 Å². The maximum absolute atomic E-state index is 13.0. The van der Waals surface area contributed by atoms with Crippen LogP contribution in [0.3, 0.4) is 0 Å². The molecule has 3 N–H and O–H groups in total. The van der Waals surface area contributed by atoms with Crippen molar-refractivity contribution in [1.29, 1.82) is 0 Å². The number of nitrogens with one attached hydrogen (secondary N) is 2. The number of aromatic nitrogens is 3. The van der Waals surface area contributed by atoms with Crippen LogP contribution in [0.4, 0.5) is 22.9 Å². The highest BCUT2D eigenvalue weighted by molar-refractivity contribution is 6.04. The first-order valence-corrected chi connectivity index (χ1v) is 13.2. The van der Waals surface area contributed by atoms with E-state index in [0.29, 0.717) is 11.4 Å². The van der Waals surface area contributed by atoms with E-state index in [-0.39, 0.29) is 17.2 Å². The molecule has 3 aromatic heterocycles. The Balaban J connectivity index is 1.18. The van der Waals surface area contributed by atoms with Crippen molar-refractivity contribution < 1.29 is 9.90 Å². The van der Waals surface area contributed by atoms with Crippen molar-refractivity contribution in [1.82, 2.24) is 14.5 Å². The van der Waals surface area contributed by atoms with E-state index in [0.717, 1.165) is 54.0 Å². The monoisotopic (exact) mass is 532 g/mol. The zero-order valence-corrected chi connectivity index (χ0v) is 21.7. The number of nitrogens with zero attached hydrogens (tertiary/aromatic N) is 4. The third-order valence-corrected chi connectivity index (χ3v) is 7.05. The number of amides is 1. The number of anilines is 4. The topological polar surface area (TPSA) is 112 Å². The lowest BCUT2D eigenvalue weighted by Crippen LogP contribution is -2.36. The van der Waals surface area contributed by atoms with Gasteiger partial charge in [0, 0.05) is 53.6 Å². The van der Waals surface area contributed by atoms with Gasteiger partial charge < -0.3 is 20.6 Å². The van der Waals surface area contributed by atoms with Gasteiger partial charge in [-0.1, -0.05) is 18.2 Å². The number of carbonyl (C=O) groups excluding carboxylic acids is 1. The summed E-state index contributed by atoms with van der Waals surface area (Å²) < 4.78 is 1.45. The lowest BCUT2D eigenvalue weighted by molar-refractivity contribution is 0.102. The van der Waals surface area contributed by atoms with Crippen LogP contribution in [-0.2, 0) is 0 Å². The highest BCUT2D eigenvalue weighted by atomic mass is 16.3. The van der Waals surface area contributed by atoms with Gasteiger partial charge in [0.25, 0.3) is 11.5 Å².